The zero-order valence-corrected chi connectivity index (χ0v) is 16.5. The van der Waals surface area contributed by atoms with E-state index in [0.717, 1.165) is 18.4 Å². The van der Waals surface area contributed by atoms with Gasteiger partial charge in [0.2, 0.25) is 15.9 Å². The van der Waals surface area contributed by atoms with Gasteiger partial charge in [-0.15, -0.1) is 0 Å². The van der Waals surface area contributed by atoms with Gasteiger partial charge in [0.1, 0.15) is 0 Å². The molecule has 0 saturated heterocycles. The van der Waals surface area contributed by atoms with Gasteiger partial charge in [-0.2, -0.15) is 0 Å². The summed E-state index contributed by atoms with van der Waals surface area (Å²) in [5.41, 5.74) is 1.84. The second-order valence-corrected chi connectivity index (χ2v) is 7.87. The monoisotopic (exact) mass is 404 g/mol. The fourth-order valence-electron chi connectivity index (χ4n) is 2.41. The molecule has 150 valence electrons. The van der Waals surface area contributed by atoms with Crippen LogP contribution in [0, 0.1) is 0 Å². The summed E-state index contributed by atoms with van der Waals surface area (Å²) < 4.78 is 27.6. The van der Waals surface area contributed by atoms with Gasteiger partial charge in [0.05, 0.1) is 17.1 Å². The van der Waals surface area contributed by atoms with Crippen LogP contribution in [0.2, 0.25) is 0 Å². The van der Waals surface area contributed by atoms with Gasteiger partial charge in [-0.05, 0) is 54.8 Å². The molecule has 1 amide bonds. The number of primary sulfonamides is 1. The number of aryl methyl sites for hydroxylation is 1. The number of ether oxygens (including phenoxy) is 1. The highest BCUT2D eigenvalue weighted by Gasteiger charge is 2.09. The summed E-state index contributed by atoms with van der Waals surface area (Å²) in [7, 11) is -3.72. The Hall–Kier alpha value is -2.71. The summed E-state index contributed by atoms with van der Waals surface area (Å²) in [6.07, 6.45) is 2.47. The minimum absolute atomic E-state index is 0.0361. The molecule has 2 aromatic carbocycles. The van der Waals surface area contributed by atoms with E-state index in [-0.39, 0.29) is 23.2 Å². The Bertz CT molecular complexity index is 907. The van der Waals surface area contributed by atoms with Crippen molar-refractivity contribution in [2.45, 2.75) is 37.5 Å². The van der Waals surface area contributed by atoms with Gasteiger partial charge in [-0.25, -0.2) is 18.4 Å². The van der Waals surface area contributed by atoms with Crippen LogP contribution < -0.4 is 10.5 Å². The van der Waals surface area contributed by atoms with Crippen molar-refractivity contribution in [2.24, 2.45) is 5.14 Å². The molecule has 0 fully saturated rings. The third kappa shape index (κ3) is 6.79. The topological polar surface area (TPSA) is 116 Å². The molecule has 7 nitrogen and oxygen atoms in total. The minimum Gasteiger partial charge on any atom is -0.462 e. The van der Waals surface area contributed by atoms with E-state index in [1.54, 1.807) is 36.4 Å². The van der Waals surface area contributed by atoms with Crippen molar-refractivity contribution in [3.05, 3.63) is 59.7 Å². The van der Waals surface area contributed by atoms with Crippen LogP contribution in [0.5, 0.6) is 0 Å². The second kappa shape index (κ2) is 10.0. The largest absolute Gasteiger partial charge is 0.462 e. The molecule has 0 saturated carbocycles. The predicted molar refractivity (Wildman–Crippen MR) is 106 cm³/mol. The molecule has 8 heteroatoms. The maximum Gasteiger partial charge on any atom is 0.338 e. The van der Waals surface area contributed by atoms with Crippen molar-refractivity contribution in [3.63, 3.8) is 0 Å². The Balaban J connectivity index is 1.83. The number of carbonyl (C=O) groups excluding carboxylic acids is 2. The molecule has 2 rings (SSSR count). The molecule has 0 unspecified atom stereocenters. The number of hydrogen-bond acceptors (Lipinski definition) is 5. The lowest BCUT2D eigenvalue weighted by Gasteiger charge is -2.07. The third-order valence-electron chi connectivity index (χ3n) is 4.03. The van der Waals surface area contributed by atoms with Crippen LogP contribution in [0.15, 0.2) is 53.4 Å². The maximum atomic E-state index is 12.1. The number of carbonyl (C=O) groups is 2. The average Bonchev–Trinajstić information content (AvgIpc) is 2.67. The molecule has 0 atom stereocenters. The zero-order chi connectivity index (χ0) is 20.6. The Kier molecular flexibility index (Phi) is 7.71. The van der Waals surface area contributed by atoms with Crippen molar-refractivity contribution in [1.82, 2.24) is 0 Å². The first-order valence-electron chi connectivity index (χ1n) is 8.98. The number of benzene rings is 2. The number of amides is 1. The average molecular weight is 404 g/mol. The van der Waals surface area contributed by atoms with Crippen LogP contribution >= 0.6 is 0 Å². The first-order valence-corrected chi connectivity index (χ1v) is 10.5. The number of anilines is 1. The lowest BCUT2D eigenvalue weighted by Crippen LogP contribution is -2.13. The molecule has 0 aliphatic rings. The first-order chi connectivity index (χ1) is 13.3. The molecule has 0 spiro atoms. The quantitative estimate of drug-likeness (QED) is 0.492. The van der Waals surface area contributed by atoms with Crippen molar-refractivity contribution in [3.8, 4) is 0 Å². The number of esters is 1. The molecular formula is C20H24N2O5S. The SMILES string of the molecule is CCCCOC(=O)c1ccc(NC(=O)CCc2ccc(S(N)(=O)=O)cc2)cc1. The van der Waals surface area contributed by atoms with Crippen LogP contribution in [-0.4, -0.2) is 26.9 Å². The molecule has 0 aromatic heterocycles. The standard InChI is InChI=1S/C20H24N2O5S/c1-2-3-14-27-20(24)16-7-9-17(10-8-16)22-19(23)13-6-15-4-11-18(12-5-15)28(21,25)26/h4-5,7-12H,2-3,6,13-14H2,1H3,(H,22,23)(H2,21,25,26). The number of nitrogens with one attached hydrogen (secondary N) is 1. The van der Waals surface area contributed by atoms with Gasteiger partial charge in [-0.1, -0.05) is 25.5 Å². The van der Waals surface area contributed by atoms with E-state index in [2.05, 4.69) is 5.32 Å². The normalized spacial score (nSPS) is 11.1. The van der Waals surface area contributed by atoms with Gasteiger partial charge in [0.25, 0.3) is 0 Å². The van der Waals surface area contributed by atoms with Crippen LogP contribution in [0.25, 0.3) is 0 Å². The van der Waals surface area contributed by atoms with E-state index in [0.29, 0.717) is 24.3 Å². The highest BCUT2D eigenvalue weighted by Crippen LogP contribution is 2.13. The second-order valence-electron chi connectivity index (χ2n) is 6.30. The van der Waals surface area contributed by atoms with Gasteiger partial charge < -0.3 is 10.1 Å². The summed E-state index contributed by atoms with van der Waals surface area (Å²) >= 11 is 0. The summed E-state index contributed by atoms with van der Waals surface area (Å²) in [5.74, 6) is -0.567. The van der Waals surface area contributed by atoms with Gasteiger partial charge in [-0.3, -0.25) is 4.79 Å². The highest BCUT2D eigenvalue weighted by molar-refractivity contribution is 7.89. The van der Waals surface area contributed by atoms with E-state index in [9.17, 15) is 18.0 Å². The third-order valence-corrected chi connectivity index (χ3v) is 4.96. The zero-order valence-electron chi connectivity index (χ0n) is 15.7. The Morgan fingerprint density at radius 1 is 1.04 bits per heavy atom. The maximum absolute atomic E-state index is 12.1. The Labute approximate surface area is 164 Å². The van der Waals surface area contributed by atoms with Crippen LogP contribution in [-0.2, 0) is 26.0 Å². The minimum atomic E-state index is -3.72. The molecule has 0 aliphatic heterocycles. The van der Waals surface area contributed by atoms with Crippen molar-refractivity contribution >= 4 is 27.6 Å². The molecule has 3 N–H and O–H groups in total. The summed E-state index contributed by atoms with van der Waals surface area (Å²) in [4.78, 5) is 24.0. The summed E-state index contributed by atoms with van der Waals surface area (Å²) in [6, 6.07) is 12.6. The molecule has 2 aromatic rings. The van der Waals surface area contributed by atoms with Crippen molar-refractivity contribution in [1.29, 1.82) is 0 Å². The van der Waals surface area contributed by atoms with Gasteiger partial charge >= 0.3 is 5.97 Å². The predicted octanol–water partition coefficient (Wildman–Crippen LogP) is 2.86. The van der Waals surface area contributed by atoms with E-state index < -0.39 is 10.0 Å². The van der Waals surface area contributed by atoms with Crippen molar-refractivity contribution < 1.29 is 22.7 Å². The highest BCUT2D eigenvalue weighted by atomic mass is 32.2. The fourth-order valence-corrected chi connectivity index (χ4v) is 2.92. The Morgan fingerprint density at radius 3 is 2.25 bits per heavy atom. The van der Waals surface area contributed by atoms with Crippen LogP contribution in [0.4, 0.5) is 5.69 Å². The number of sulfonamides is 1. The van der Waals surface area contributed by atoms with E-state index in [4.69, 9.17) is 9.88 Å². The molecule has 0 bridgehead atoms. The van der Waals surface area contributed by atoms with Gasteiger partial charge in [0, 0.05) is 12.1 Å². The fraction of sp³-hybridized carbons (Fsp3) is 0.300. The number of hydrogen-bond donors (Lipinski definition) is 2. The van der Waals surface area contributed by atoms with Crippen molar-refractivity contribution in [2.75, 3.05) is 11.9 Å². The molecule has 0 radical (unpaired) electrons. The number of rotatable bonds is 9. The summed E-state index contributed by atoms with van der Waals surface area (Å²) in [5, 5.41) is 7.81. The number of nitrogens with two attached hydrogens (primary N) is 1. The molecule has 0 aliphatic carbocycles. The Morgan fingerprint density at radius 2 is 1.68 bits per heavy atom. The van der Waals surface area contributed by atoms with Gasteiger partial charge in [0.15, 0.2) is 0 Å². The van der Waals surface area contributed by atoms with E-state index in [1.165, 1.54) is 12.1 Å². The first kappa shape index (κ1) is 21.6. The number of unbranched alkanes of at least 4 members (excludes halogenated alkanes) is 1. The molecule has 28 heavy (non-hydrogen) atoms. The van der Waals surface area contributed by atoms with Crippen LogP contribution in [0.3, 0.4) is 0 Å². The van der Waals surface area contributed by atoms with E-state index >= 15 is 0 Å². The molecule has 0 heterocycles. The molecular weight excluding hydrogens is 380 g/mol. The summed E-state index contributed by atoms with van der Waals surface area (Å²) in [6.45, 7) is 2.41. The van der Waals surface area contributed by atoms with E-state index in [1.807, 2.05) is 6.92 Å². The lowest BCUT2D eigenvalue weighted by molar-refractivity contribution is -0.116. The lowest BCUT2D eigenvalue weighted by atomic mass is 10.1. The smallest absolute Gasteiger partial charge is 0.338 e. The van der Waals surface area contributed by atoms with Crippen LogP contribution in [0.1, 0.15) is 42.1 Å².